The van der Waals surface area contributed by atoms with Gasteiger partial charge in [-0.3, -0.25) is 0 Å². The zero-order valence-corrected chi connectivity index (χ0v) is 17.8. The van der Waals surface area contributed by atoms with Crippen LogP contribution in [0, 0.1) is 0 Å². The van der Waals surface area contributed by atoms with Gasteiger partial charge in [0.05, 0.1) is 19.8 Å². The third kappa shape index (κ3) is 2.75. The van der Waals surface area contributed by atoms with E-state index in [2.05, 4.69) is 58.0 Å². The Morgan fingerprint density at radius 3 is 2.14 bits per heavy atom. The molecule has 0 aliphatic heterocycles. The van der Waals surface area contributed by atoms with Crippen LogP contribution in [0.1, 0.15) is 73.1 Å². The first-order valence-corrected chi connectivity index (χ1v) is 10.0. The highest BCUT2D eigenvalue weighted by atomic mass is 16.5. The van der Waals surface area contributed by atoms with E-state index in [1.807, 2.05) is 6.07 Å². The Labute approximate surface area is 168 Å². The topological polar surface area (TPSA) is 35.5 Å². The van der Waals surface area contributed by atoms with E-state index in [9.17, 15) is 4.79 Å². The Hall–Kier alpha value is -2.29. The van der Waals surface area contributed by atoms with Gasteiger partial charge in [0.2, 0.25) is 0 Å². The van der Waals surface area contributed by atoms with Crippen LogP contribution in [-0.4, -0.2) is 20.2 Å². The molecule has 1 spiro atoms. The number of fused-ring (bicyclic) bond motifs is 3. The van der Waals surface area contributed by atoms with Gasteiger partial charge in [-0.1, -0.05) is 39.8 Å². The summed E-state index contributed by atoms with van der Waals surface area (Å²) in [6, 6.07) is 12.7. The van der Waals surface area contributed by atoms with Crippen LogP contribution in [0.2, 0.25) is 0 Å². The SMILES string of the molecule is COC(=O)c1ccc2c(c1)CC1(CC2(C)C)CC(C)(C)c2ccc(OC)cc21. The van der Waals surface area contributed by atoms with Gasteiger partial charge in [-0.25, -0.2) is 4.79 Å². The molecule has 2 aromatic rings. The molecule has 2 aliphatic rings. The van der Waals surface area contributed by atoms with Crippen molar-refractivity contribution < 1.29 is 14.3 Å². The molecule has 2 aromatic carbocycles. The first-order chi connectivity index (χ1) is 13.1. The second-order valence-electron chi connectivity index (χ2n) is 9.85. The van der Waals surface area contributed by atoms with E-state index in [-0.39, 0.29) is 22.2 Å². The molecule has 0 saturated heterocycles. The second-order valence-corrected chi connectivity index (χ2v) is 9.85. The van der Waals surface area contributed by atoms with Crippen molar-refractivity contribution >= 4 is 5.97 Å². The van der Waals surface area contributed by atoms with Crippen molar-refractivity contribution in [2.75, 3.05) is 14.2 Å². The van der Waals surface area contributed by atoms with Gasteiger partial charge in [0, 0.05) is 5.41 Å². The largest absolute Gasteiger partial charge is 0.497 e. The van der Waals surface area contributed by atoms with Crippen LogP contribution in [0.5, 0.6) is 5.75 Å². The maximum atomic E-state index is 12.1. The predicted octanol–water partition coefficient (Wildman–Crippen LogP) is 5.32. The Morgan fingerprint density at radius 2 is 1.50 bits per heavy atom. The summed E-state index contributed by atoms with van der Waals surface area (Å²) in [6.45, 7) is 9.35. The van der Waals surface area contributed by atoms with E-state index in [1.54, 1.807) is 7.11 Å². The minimum Gasteiger partial charge on any atom is -0.497 e. The Bertz CT molecular complexity index is 954. The monoisotopic (exact) mass is 378 g/mol. The molecule has 0 N–H and O–H groups in total. The lowest BCUT2D eigenvalue weighted by Crippen LogP contribution is -2.41. The summed E-state index contributed by atoms with van der Waals surface area (Å²) in [7, 11) is 3.17. The summed E-state index contributed by atoms with van der Waals surface area (Å²) >= 11 is 0. The zero-order valence-electron chi connectivity index (χ0n) is 17.8. The van der Waals surface area contributed by atoms with Crippen LogP contribution in [0.25, 0.3) is 0 Å². The van der Waals surface area contributed by atoms with Crippen LogP contribution in [0.15, 0.2) is 36.4 Å². The lowest BCUT2D eigenvalue weighted by Gasteiger charge is -2.45. The van der Waals surface area contributed by atoms with Crippen molar-refractivity contribution in [1.82, 2.24) is 0 Å². The number of esters is 1. The quantitative estimate of drug-likeness (QED) is 0.663. The lowest BCUT2D eigenvalue weighted by atomic mass is 9.58. The van der Waals surface area contributed by atoms with Gasteiger partial charge >= 0.3 is 5.97 Å². The van der Waals surface area contributed by atoms with Gasteiger partial charge in [-0.15, -0.1) is 0 Å². The summed E-state index contributed by atoms with van der Waals surface area (Å²) in [5, 5.41) is 0. The van der Waals surface area contributed by atoms with Crippen molar-refractivity contribution in [1.29, 1.82) is 0 Å². The summed E-state index contributed by atoms with van der Waals surface area (Å²) in [4.78, 5) is 12.1. The second kappa shape index (κ2) is 6.10. The normalized spacial score (nSPS) is 23.8. The summed E-state index contributed by atoms with van der Waals surface area (Å²) in [6.07, 6.45) is 3.14. The molecular weight excluding hydrogens is 348 g/mol. The number of benzene rings is 2. The smallest absolute Gasteiger partial charge is 0.337 e. The minimum absolute atomic E-state index is 0.0308. The Morgan fingerprint density at radius 1 is 0.857 bits per heavy atom. The molecule has 1 atom stereocenters. The van der Waals surface area contributed by atoms with E-state index in [1.165, 1.54) is 29.4 Å². The van der Waals surface area contributed by atoms with E-state index in [0.717, 1.165) is 25.0 Å². The van der Waals surface area contributed by atoms with Crippen LogP contribution >= 0.6 is 0 Å². The van der Waals surface area contributed by atoms with Crippen molar-refractivity contribution in [3.8, 4) is 5.75 Å². The molecule has 0 aromatic heterocycles. The van der Waals surface area contributed by atoms with Gasteiger partial charge < -0.3 is 9.47 Å². The number of ether oxygens (including phenoxy) is 2. The van der Waals surface area contributed by atoms with Crippen LogP contribution < -0.4 is 4.74 Å². The fourth-order valence-corrected chi connectivity index (χ4v) is 6.04. The zero-order chi connectivity index (χ0) is 20.3. The molecule has 1 unspecified atom stereocenters. The van der Waals surface area contributed by atoms with Gasteiger partial charge in [0.15, 0.2) is 0 Å². The molecule has 0 radical (unpaired) electrons. The standard InChI is InChI=1S/C25H30O3/c1-23(2)14-25(13-17-11-16(22(26)28-6)7-9-19(17)23)15-24(3,4)20-10-8-18(27-5)12-21(20)25/h7-12H,13-15H2,1-6H3. The fraction of sp³-hybridized carbons (Fsp3) is 0.480. The number of carbonyl (C=O) groups is 1. The predicted molar refractivity (Wildman–Crippen MR) is 111 cm³/mol. The minimum atomic E-state index is -0.269. The van der Waals surface area contributed by atoms with Crippen LogP contribution in [0.4, 0.5) is 0 Å². The van der Waals surface area contributed by atoms with E-state index >= 15 is 0 Å². The maximum Gasteiger partial charge on any atom is 0.337 e. The molecule has 0 amide bonds. The number of methoxy groups -OCH3 is 2. The summed E-state index contributed by atoms with van der Waals surface area (Å²) in [5.41, 5.74) is 6.30. The highest BCUT2D eigenvalue weighted by Crippen LogP contribution is 2.59. The molecular formula is C25H30O3. The average Bonchev–Trinajstić information content (AvgIpc) is 2.85. The van der Waals surface area contributed by atoms with Gasteiger partial charge in [-0.2, -0.15) is 0 Å². The highest BCUT2D eigenvalue weighted by Gasteiger charge is 2.52. The third-order valence-corrected chi connectivity index (χ3v) is 6.87. The summed E-state index contributed by atoms with van der Waals surface area (Å²) < 4.78 is 10.5. The van der Waals surface area contributed by atoms with E-state index in [4.69, 9.17) is 9.47 Å². The molecule has 0 bridgehead atoms. The molecule has 28 heavy (non-hydrogen) atoms. The van der Waals surface area contributed by atoms with Gasteiger partial charge in [0.1, 0.15) is 5.75 Å². The number of rotatable bonds is 2. The molecule has 3 nitrogen and oxygen atoms in total. The molecule has 0 heterocycles. The van der Waals surface area contributed by atoms with Crippen molar-refractivity contribution in [2.45, 2.75) is 63.2 Å². The number of carbonyl (C=O) groups excluding carboxylic acids is 1. The summed E-state index contributed by atoms with van der Waals surface area (Å²) in [5.74, 6) is 0.650. The molecule has 148 valence electrons. The lowest BCUT2D eigenvalue weighted by molar-refractivity contribution is 0.0600. The fourth-order valence-electron chi connectivity index (χ4n) is 6.04. The van der Waals surface area contributed by atoms with Crippen molar-refractivity contribution in [2.24, 2.45) is 0 Å². The average molecular weight is 379 g/mol. The van der Waals surface area contributed by atoms with Crippen molar-refractivity contribution in [3.63, 3.8) is 0 Å². The number of hydrogen-bond acceptors (Lipinski definition) is 3. The Balaban J connectivity index is 1.89. The maximum absolute atomic E-state index is 12.1. The molecule has 0 saturated carbocycles. The Kier molecular flexibility index (Phi) is 4.15. The van der Waals surface area contributed by atoms with Crippen molar-refractivity contribution in [3.05, 3.63) is 64.2 Å². The highest BCUT2D eigenvalue weighted by molar-refractivity contribution is 5.89. The molecule has 0 fully saturated rings. The van der Waals surface area contributed by atoms with Gasteiger partial charge in [-0.05, 0) is 76.6 Å². The molecule has 3 heteroatoms. The van der Waals surface area contributed by atoms with E-state index in [0.29, 0.717) is 5.56 Å². The van der Waals surface area contributed by atoms with Crippen LogP contribution in [0.3, 0.4) is 0 Å². The third-order valence-electron chi connectivity index (χ3n) is 6.87. The van der Waals surface area contributed by atoms with Crippen LogP contribution in [-0.2, 0) is 27.4 Å². The van der Waals surface area contributed by atoms with E-state index < -0.39 is 0 Å². The molecule has 4 rings (SSSR count). The first-order valence-electron chi connectivity index (χ1n) is 10.0. The molecule has 2 aliphatic carbocycles. The first kappa shape index (κ1) is 19.0. The van der Waals surface area contributed by atoms with Gasteiger partial charge in [0.25, 0.3) is 0 Å². The number of hydrogen-bond donors (Lipinski definition) is 0.